The van der Waals surface area contributed by atoms with Gasteiger partial charge < -0.3 is 5.73 Å². The van der Waals surface area contributed by atoms with Crippen molar-refractivity contribution in [2.75, 3.05) is 0 Å². The number of nitro benzene ring substituents is 1. The van der Waals surface area contributed by atoms with E-state index < -0.39 is 37.4 Å². The lowest BCUT2D eigenvalue weighted by Gasteiger charge is -2.28. The molecule has 0 unspecified atom stereocenters. The normalized spacial score (nSPS) is 23.0. The van der Waals surface area contributed by atoms with E-state index in [2.05, 4.69) is 4.72 Å². The molecule has 116 valence electrons. The Labute approximate surface area is 121 Å². The number of halogens is 1. The first kappa shape index (κ1) is 15.8. The van der Waals surface area contributed by atoms with Crippen LogP contribution in [0, 0.1) is 15.9 Å². The zero-order chi connectivity index (χ0) is 15.6. The van der Waals surface area contributed by atoms with Crippen molar-refractivity contribution >= 4 is 15.7 Å². The summed E-state index contributed by atoms with van der Waals surface area (Å²) in [7, 11) is -4.12. The molecule has 21 heavy (non-hydrogen) atoms. The van der Waals surface area contributed by atoms with Crippen molar-refractivity contribution < 1.29 is 17.7 Å². The van der Waals surface area contributed by atoms with Crippen LogP contribution < -0.4 is 10.5 Å². The van der Waals surface area contributed by atoms with E-state index >= 15 is 0 Å². The second kappa shape index (κ2) is 6.04. The zero-order valence-corrected chi connectivity index (χ0v) is 12.0. The largest absolute Gasteiger partial charge is 0.326 e. The van der Waals surface area contributed by atoms with Crippen molar-refractivity contribution in [1.29, 1.82) is 0 Å². The molecule has 0 saturated heterocycles. The highest BCUT2D eigenvalue weighted by atomic mass is 32.2. The molecule has 2 rings (SSSR count). The van der Waals surface area contributed by atoms with Gasteiger partial charge in [-0.15, -0.1) is 0 Å². The summed E-state index contributed by atoms with van der Waals surface area (Å²) in [6.45, 7) is 0. The molecule has 0 aliphatic heterocycles. The molecule has 0 spiro atoms. The molecule has 0 heterocycles. The van der Waals surface area contributed by atoms with Crippen LogP contribution in [0.5, 0.6) is 0 Å². The average Bonchev–Trinajstić information content (AvgIpc) is 2.40. The standard InChI is InChI=1S/C12H16FN3O4S/c13-8-5-6-12(11(7-8)16(17)18)21(19,20)15-10-4-2-1-3-9(10)14/h5-7,9-10,15H,1-4,14H2/t9-,10-/m1/s1. The first-order chi connectivity index (χ1) is 9.81. The zero-order valence-electron chi connectivity index (χ0n) is 11.2. The molecule has 1 saturated carbocycles. The lowest BCUT2D eigenvalue weighted by Crippen LogP contribution is -2.49. The average molecular weight is 317 g/mol. The van der Waals surface area contributed by atoms with Crippen molar-refractivity contribution in [3.8, 4) is 0 Å². The van der Waals surface area contributed by atoms with Crippen LogP contribution in [0.1, 0.15) is 25.7 Å². The summed E-state index contributed by atoms with van der Waals surface area (Å²) < 4.78 is 40.1. The van der Waals surface area contributed by atoms with Crippen LogP contribution in [0.4, 0.5) is 10.1 Å². The van der Waals surface area contributed by atoms with Gasteiger partial charge >= 0.3 is 0 Å². The molecule has 9 heteroatoms. The number of hydrogen-bond donors (Lipinski definition) is 2. The first-order valence-corrected chi connectivity index (χ1v) is 8.01. The maximum atomic E-state index is 13.1. The van der Waals surface area contributed by atoms with E-state index in [1.807, 2.05) is 0 Å². The van der Waals surface area contributed by atoms with Gasteiger partial charge in [-0.25, -0.2) is 17.5 Å². The number of benzene rings is 1. The van der Waals surface area contributed by atoms with E-state index in [0.717, 1.165) is 25.0 Å². The fraction of sp³-hybridized carbons (Fsp3) is 0.500. The van der Waals surface area contributed by atoms with Crippen molar-refractivity contribution in [3.05, 3.63) is 34.1 Å². The number of nitro groups is 1. The SMILES string of the molecule is N[C@@H]1CCCC[C@H]1NS(=O)(=O)c1ccc(F)cc1[N+](=O)[O-]. The maximum absolute atomic E-state index is 13.1. The summed E-state index contributed by atoms with van der Waals surface area (Å²) in [5.74, 6) is -0.866. The highest BCUT2D eigenvalue weighted by Crippen LogP contribution is 2.26. The Morgan fingerprint density at radius 2 is 2.00 bits per heavy atom. The third kappa shape index (κ3) is 3.55. The van der Waals surface area contributed by atoms with Gasteiger partial charge in [0.25, 0.3) is 5.69 Å². The summed E-state index contributed by atoms with van der Waals surface area (Å²) in [5.41, 5.74) is 5.08. The van der Waals surface area contributed by atoms with E-state index in [4.69, 9.17) is 5.73 Å². The van der Waals surface area contributed by atoms with E-state index in [0.29, 0.717) is 18.9 Å². The van der Waals surface area contributed by atoms with Crippen LogP contribution in [0.25, 0.3) is 0 Å². The predicted molar refractivity (Wildman–Crippen MR) is 73.6 cm³/mol. The lowest BCUT2D eigenvalue weighted by atomic mass is 9.92. The minimum Gasteiger partial charge on any atom is -0.326 e. The Morgan fingerprint density at radius 1 is 1.33 bits per heavy atom. The molecule has 0 aromatic heterocycles. The van der Waals surface area contributed by atoms with E-state index in [-0.39, 0.29) is 6.04 Å². The van der Waals surface area contributed by atoms with Gasteiger partial charge in [0.15, 0.2) is 4.90 Å². The summed E-state index contributed by atoms with van der Waals surface area (Å²) in [6, 6.07) is 1.57. The molecule has 1 fully saturated rings. The lowest BCUT2D eigenvalue weighted by molar-refractivity contribution is -0.388. The third-order valence-electron chi connectivity index (χ3n) is 3.53. The molecule has 3 N–H and O–H groups in total. The first-order valence-electron chi connectivity index (χ1n) is 6.53. The number of nitrogens with zero attached hydrogens (tertiary/aromatic N) is 1. The van der Waals surface area contributed by atoms with Crippen LogP contribution in [-0.2, 0) is 10.0 Å². The number of rotatable bonds is 4. The quantitative estimate of drug-likeness (QED) is 0.641. The van der Waals surface area contributed by atoms with Crippen molar-refractivity contribution in [2.24, 2.45) is 5.73 Å². The fourth-order valence-electron chi connectivity index (χ4n) is 2.43. The summed E-state index contributed by atoms with van der Waals surface area (Å²) in [6.07, 6.45) is 3.04. The van der Waals surface area contributed by atoms with Gasteiger partial charge in [-0.1, -0.05) is 12.8 Å². The predicted octanol–water partition coefficient (Wildman–Crippen LogP) is 1.28. The fourth-order valence-corrected chi connectivity index (χ4v) is 3.90. The van der Waals surface area contributed by atoms with Gasteiger partial charge in [0.2, 0.25) is 10.0 Å². The minimum atomic E-state index is -4.12. The second-order valence-electron chi connectivity index (χ2n) is 5.05. The summed E-state index contributed by atoms with van der Waals surface area (Å²) in [4.78, 5) is 9.43. The number of sulfonamides is 1. The van der Waals surface area contributed by atoms with Crippen LogP contribution in [0.2, 0.25) is 0 Å². The van der Waals surface area contributed by atoms with Gasteiger partial charge in [0, 0.05) is 12.1 Å². The smallest absolute Gasteiger partial charge is 0.292 e. The molecule has 7 nitrogen and oxygen atoms in total. The third-order valence-corrected chi connectivity index (χ3v) is 5.07. The molecule has 1 aromatic carbocycles. The molecular weight excluding hydrogens is 301 g/mol. The molecule has 1 aliphatic rings. The van der Waals surface area contributed by atoms with Gasteiger partial charge in [0.05, 0.1) is 11.0 Å². The Hall–Kier alpha value is -1.58. The van der Waals surface area contributed by atoms with Gasteiger partial charge in [0.1, 0.15) is 5.82 Å². The topological polar surface area (TPSA) is 115 Å². The molecule has 2 atom stereocenters. The van der Waals surface area contributed by atoms with Crippen molar-refractivity contribution in [3.63, 3.8) is 0 Å². The Bertz CT molecular complexity index is 650. The van der Waals surface area contributed by atoms with Crippen LogP contribution in [0.15, 0.2) is 23.1 Å². The molecule has 0 amide bonds. The van der Waals surface area contributed by atoms with E-state index in [1.165, 1.54) is 0 Å². The van der Waals surface area contributed by atoms with E-state index in [9.17, 15) is 22.9 Å². The number of hydrogen-bond acceptors (Lipinski definition) is 5. The number of nitrogens with two attached hydrogens (primary N) is 1. The van der Waals surface area contributed by atoms with Gasteiger partial charge in [-0.05, 0) is 25.0 Å². The summed E-state index contributed by atoms with van der Waals surface area (Å²) in [5, 5.41) is 10.9. The highest BCUT2D eigenvalue weighted by molar-refractivity contribution is 7.89. The van der Waals surface area contributed by atoms with Crippen LogP contribution >= 0.6 is 0 Å². The number of nitrogens with one attached hydrogen (secondary N) is 1. The molecule has 0 radical (unpaired) electrons. The maximum Gasteiger partial charge on any atom is 0.292 e. The van der Waals surface area contributed by atoms with Crippen LogP contribution in [0.3, 0.4) is 0 Å². The Balaban J connectivity index is 2.33. The van der Waals surface area contributed by atoms with Crippen molar-refractivity contribution in [1.82, 2.24) is 4.72 Å². The Kier molecular flexibility index (Phi) is 4.55. The molecule has 1 aliphatic carbocycles. The molecule has 1 aromatic rings. The minimum absolute atomic E-state index is 0.326. The highest BCUT2D eigenvalue weighted by Gasteiger charge is 2.31. The van der Waals surface area contributed by atoms with Gasteiger partial charge in [-0.3, -0.25) is 10.1 Å². The van der Waals surface area contributed by atoms with E-state index in [1.54, 1.807) is 0 Å². The monoisotopic (exact) mass is 317 g/mol. The Morgan fingerprint density at radius 3 is 2.62 bits per heavy atom. The molecule has 0 bridgehead atoms. The summed E-state index contributed by atoms with van der Waals surface area (Å²) >= 11 is 0. The van der Waals surface area contributed by atoms with Gasteiger partial charge in [-0.2, -0.15) is 0 Å². The second-order valence-corrected chi connectivity index (χ2v) is 6.73. The molecular formula is C12H16FN3O4S. The van der Waals surface area contributed by atoms with Crippen LogP contribution in [-0.4, -0.2) is 25.4 Å². The van der Waals surface area contributed by atoms with Crippen molar-refractivity contribution in [2.45, 2.75) is 42.7 Å².